The summed E-state index contributed by atoms with van der Waals surface area (Å²) in [6, 6.07) is 3.31. The van der Waals surface area contributed by atoms with Crippen LogP contribution in [0.25, 0.3) is 0 Å². The Bertz CT molecular complexity index is 467. The van der Waals surface area contributed by atoms with E-state index in [9.17, 15) is 9.59 Å². The van der Waals surface area contributed by atoms with E-state index in [1.54, 1.807) is 26.2 Å². The van der Waals surface area contributed by atoms with E-state index in [4.69, 9.17) is 0 Å². The molecule has 0 bridgehead atoms. The van der Waals surface area contributed by atoms with E-state index in [2.05, 4.69) is 10.3 Å². The molecule has 0 aliphatic heterocycles. The number of hydrogen-bond donors (Lipinski definition) is 1. The molecule has 1 fully saturated rings. The van der Waals surface area contributed by atoms with Crippen molar-refractivity contribution in [3.63, 3.8) is 0 Å². The fraction of sp³-hybridized carbons (Fsp3) is 0.462. The lowest BCUT2D eigenvalue weighted by Crippen LogP contribution is -2.28. The van der Waals surface area contributed by atoms with Gasteiger partial charge in [-0.25, -0.2) is 0 Å². The van der Waals surface area contributed by atoms with Crippen molar-refractivity contribution < 1.29 is 9.59 Å². The monoisotopic (exact) mass is 247 g/mol. The molecule has 1 saturated carbocycles. The van der Waals surface area contributed by atoms with Gasteiger partial charge >= 0.3 is 0 Å². The van der Waals surface area contributed by atoms with Gasteiger partial charge in [-0.05, 0) is 25.0 Å². The molecular formula is C13H17N3O2. The van der Waals surface area contributed by atoms with Crippen molar-refractivity contribution in [2.45, 2.75) is 19.3 Å². The van der Waals surface area contributed by atoms with E-state index in [1.807, 2.05) is 0 Å². The van der Waals surface area contributed by atoms with Crippen LogP contribution in [0.3, 0.4) is 0 Å². The maximum atomic E-state index is 11.8. The minimum atomic E-state index is -0.172. The maximum absolute atomic E-state index is 11.8. The van der Waals surface area contributed by atoms with E-state index in [1.165, 1.54) is 11.1 Å². The third-order valence-corrected chi connectivity index (χ3v) is 3.13. The summed E-state index contributed by atoms with van der Waals surface area (Å²) in [5.41, 5.74) is 0.971. The Hall–Kier alpha value is -1.91. The third-order valence-electron chi connectivity index (χ3n) is 3.13. The highest BCUT2D eigenvalue weighted by molar-refractivity contribution is 5.96. The Morgan fingerprint density at radius 1 is 1.39 bits per heavy atom. The molecule has 1 aliphatic rings. The lowest BCUT2D eigenvalue weighted by molar-refractivity contribution is -0.122. The molecule has 96 valence electrons. The Labute approximate surface area is 106 Å². The smallest absolute Gasteiger partial charge is 0.272 e. The average molecular weight is 247 g/mol. The summed E-state index contributed by atoms with van der Waals surface area (Å²) in [6.07, 6.45) is 4.58. The molecular weight excluding hydrogens is 230 g/mol. The molecule has 1 heterocycles. The number of nitrogens with zero attached hydrogens (tertiary/aromatic N) is 2. The van der Waals surface area contributed by atoms with Crippen LogP contribution < -0.4 is 5.32 Å². The van der Waals surface area contributed by atoms with Crippen LogP contribution in [-0.4, -0.2) is 35.8 Å². The van der Waals surface area contributed by atoms with Gasteiger partial charge in [0.1, 0.15) is 5.69 Å². The van der Waals surface area contributed by atoms with Crippen molar-refractivity contribution in [2.75, 3.05) is 19.4 Å². The SMILES string of the molecule is CN(C)C(=O)c1cc(NC(=O)C2CCC2)ccn1. The number of pyridine rings is 1. The number of nitrogens with one attached hydrogen (secondary N) is 1. The van der Waals surface area contributed by atoms with Gasteiger partial charge in [0.25, 0.3) is 5.91 Å². The average Bonchev–Trinajstić information content (AvgIpc) is 2.25. The van der Waals surface area contributed by atoms with E-state index >= 15 is 0 Å². The number of rotatable bonds is 3. The highest BCUT2D eigenvalue weighted by atomic mass is 16.2. The van der Waals surface area contributed by atoms with Crippen LogP contribution in [0.2, 0.25) is 0 Å². The van der Waals surface area contributed by atoms with Gasteiger partial charge in [0.15, 0.2) is 0 Å². The number of amides is 2. The summed E-state index contributed by atoms with van der Waals surface area (Å²) in [5.74, 6) is -0.00314. The summed E-state index contributed by atoms with van der Waals surface area (Å²) in [5, 5.41) is 2.83. The first-order chi connectivity index (χ1) is 8.58. The number of carbonyl (C=O) groups is 2. The van der Waals surface area contributed by atoms with Crippen molar-refractivity contribution >= 4 is 17.5 Å². The first-order valence-corrected chi connectivity index (χ1v) is 6.06. The number of hydrogen-bond acceptors (Lipinski definition) is 3. The molecule has 5 nitrogen and oxygen atoms in total. The number of anilines is 1. The molecule has 0 spiro atoms. The molecule has 1 N–H and O–H groups in total. The Morgan fingerprint density at radius 2 is 2.11 bits per heavy atom. The van der Waals surface area contributed by atoms with E-state index in [-0.39, 0.29) is 17.7 Å². The summed E-state index contributed by atoms with van der Waals surface area (Å²) in [4.78, 5) is 29.0. The van der Waals surface area contributed by atoms with Crippen LogP contribution in [0.15, 0.2) is 18.3 Å². The minimum Gasteiger partial charge on any atom is -0.343 e. The van der Waals surface area contributed by atoms with Gasteiger partial charge in [0.05, 0.1) is 0 Å². The van der Waals surface area contributed by atoms with Gasteiger partial charge in [-0.2, -0.15) is 0 Å². The zero-order valence-corrected chi connectivity index (χ0v) is 10.6. The second kappa shape index (κ2) is 5.16. The standard InChI is InChI=1S/C13H17N3O2/c1-16(2)13(18)11-8-10(6-7-14-11)15-12(17)9-4-3-5-9/h6-9H,3-5H2,1-2H3,(H,14,15,17). The second-order valence-corrected chi connectivity index (χ2v) is 4.75. The van der Waals surface area contributed by atoms with Crippen molar-refractivity contribution in [1.82, 2.24) is 9.88 Å². The summed E-state index contributed by atoms with van der Waals surface area (Å²) in [7, 11) is 3.34. The minimum absolute atomic E-state index is 0.0377. The molecule has 0 unspecified atom stereocenters. The highest BCUT2D eigenvalue weighted by Crippen LogP contribution is 2.27. The van der Waals surface area contributed by atoms with Crippen LogP contribution in [0.4, 0.5) is 5.69 Å². The van der Waals surface area contributed by atoms with Crippen molar-refractivity contribution in [3.05, 3.63) is 24.0 Å². The molecule has 1 aromatic rings. The molecule has 0 aromatic carbocycles. The molecule has 2 rings (SSSR count). The second-order valence-electron chi connectivity index (χ2n) is 4.75. The van der Waals surface area contributed by atoms with Crippen molar-refractivity contribution in [1.29, 1.82) is 0 Å². The summed E-state index contributed by atoms with van der Waals surface area (Å²) in [6.45, 7) is 0. The normalized spacial score (nSPS) is 14.8. The topological polar surface area (TPSA) is 62.3 Å². The maximum Gasteiger partial charge on any atom is 0.272 e. The first-order valence-electron chi connectivity index (χ1n) is 6.06. The zero-order chi connectivity index (χ0) is 13.1. The predicted octanol–water partition coefficient (Wildman–Crippen LogP) is 1.52. The van der Waals surface area contributed by atoms with E-state index < -0.39 is 0 Å². The Balaban J connectivity index is 2.07. The van der Waals surface area contributed by atoms with Gasteiger partial charge in [-0.1, -0.05) is 6.42 Å². The fourth-order valence-electron chi connectivity index (χ4n) is 1.77. The molecule has 0 saturated heterocycles. The molecule has 1 aromatic heterocycles. The molecule has 0 atom stereocenters. The lowest BCUT2D eigenvalue weighted by Gasteiger charge is -2.24. The number of aromatic nitrogens is 1. The highest BCUT2D eigenvalue weighted by Gasteiger charge is 2.25. The van der Waals surface area contributed by atoms with Gasteiger partial charge in [-0.3, -0.25) is 14.6 Å². The predicted molar refractivity (Wildman–Crippen MR) is 68.2 cm³/mol. The van der Waals surface area contributed by atoms with Crippen LogP contribution in [0, 0.1) is 5.92 Å². The first kappa shape index (κ1) is 12.5. The van der Waals surface area contributed by atoms with Gasteiger partial charge in [0, 0.05) is 31.9 Å². The van der Waals surface area contributed by atoms with E-state index in [0.29, 0.717) is 11.4 Å². The molecule has 18 heavy (non-hydrogen) atoms. The summed E-state index contributed by atoms with van der Waals surface area (Å²) < 4.78 is 0. The molecule has 2 amide bonds. The molecule has 0 radical (unpaired) electrons. The zero-order valence-electron chi connectivity index (χ0n) is 10.6. The quantitative estimate of drug-likeness (QED) is 0.881. The van der Waals surface area contributed by atoms with Crippen molar-refractivity contribution in [3.8, 4) is 0 Å². The van der Waals surface area contributed by atoms with Crippen LogP contribution in [0.5, 0.6) is 0 Å². The van der Waals surface area contributed by atoms with Gasteiger partial charge in [0.2, 0.25) is 5.91 Å². The van der Waals surface area contributed by atoms with Crippen LogP contribution >= 0.6 is 0 Å². The molecule has 1 aliphatic carbocycles. The largest absolute Gasteiger partial charge is 0.343 e. The van der Waals surface area contributed by atoms with Crippen molar-refractivity contribution in [2.24, 2.45) is 5.92 Å². The van der Waals surface area contributed by atoms with Crippen LogP contribution in [-0.2, 0) is 4.79 Å². The van der Waals surface area contributed by atoms with Crippen LogP contribution in [0.1, 0.15) is 29.8 Å². The Kier molecular flexibility index (Phi) is 3.60. The van der Waals surface area contributed by atoms with Gasteiger partial charge in [-0.15, -0.1) is 0 Å². The summed E-state index contributed by atoms with van der Waals surface area (Å²) >= 11 is 0. The fourth-order valence-corrected chi connectivity index (χ4v) is 1.77. The third kappa shape index (κ3) is 2.67. The number of carbonyl (C=O) groups excluding carboxylic acids is 2. The lowest BCUT2D eigenvalue weighted by atomic mass is 9.85. The van der Waals surface area contributed by atoms with Gasteiger partial charge < -0.3 is 10.2 Å². The van der Waals surface area contributed by atoms with E-state index in [0.717, 1.165) is 19.3 Å². The molecule has 5 heteroatoms. The Morgan fingerprint density at radius 3 is 2.67 bits per heavy atom.